The maximum Gasteiger partial charge on any atom is 0.322 e. The molecule has 1 aromatic rings. The number of aliphatic carboxylic acids is 1. The van der Waals surface area contributed by atoms with E-state index in [1.165, 1.54) is 18.2 Å². The second-order valence-electron chi connectivity index (χ2n) is 3.57. The molecule has 0 unspecified atom stereocenters. The molecule has 19 heavy (non-hydrogen) atoms. The smallest absolute Gasteiger partial charge is 0.322 e. The summed E-state index contributed by atoms with van der Waals surface area (Å²) in [6.45, 7) is -0.767. The van der Waals surface area contributed by atoms with E-state index in [0.29, 0.717) is 0 Å². The SMILES string of the molecule is NS(=O)(=O)c1ccccc1NCC(=O)NCC(=O)O. The van der Waals surface area contributed by atoms with Crippen molar-refractivity contribution < 1.29 is 23.1 Å². The Kier molecular flexibility index (Phi) is 4.84. The predicted octanol–water partition coefficient (Wildman–Crippen LogP) is -1.05. The van der Waals surface area contributed by atoms with Crippen LogP contribution in [0.1, 0.15) is 0 Å². The number of carbonyl (C=O) groups is 2. The van der Waals surface area contributed by atoms with E-state index in [1.807, 2.05) is 0 Å². The molecular formula is C10H13N3O5S. The zero-order chi connectivity index (χ0) is 14.5. The first-order valence-corrected chi connectivity index (χ1v) is 6.69. The summed E-state index contributed by atoms with van der Waals surface area (Å²) >= 11 is 0. The third-order valence-electron chi connectivity index (χ3n) is 2.07. The summed E-state index contributed by atoms with van der Waals surface area (Å²) in [5.41, 5.74) is 0.176. The Labute approximate surface area is 109 Å². The van der Waals surface area contributed by atoms with Crippen LogP contribution in [-0.2, 0) is 19.6 Å². The van der Waals surface area contributed by atoms with Gasteiger partial charge in [-0.1, -0.05) is 12.1 Å². The van der Waals surface area contributed by atoms with Crippen molar-refractivity contribution in [3.05, 3.63) is 24.3 Å². The van der Waals surface area contributed by atoms with E-state index in [0.717, 1.165) is 0 Å². The van der Waals surface area contributed by atoms with Gasteiger partial charge >= 0.3 is 5.97 Å². The van der Waals surface area contributed by atoms with Crippen molar-refractivity contribution in [2.24, 2.45) is 5.14 Å². The first-order chi connectivity index (χ1) is 8.80. The number of rotatable bonds is 6. The van der Waals surface area contributed by atoms with E-state index in [4.69, 9.17) is 10.2 Å². The lowest BCUT2D eigenvalue weighted by molar-refractivity contribution is -0.137. The minimum atomic E-state index is -3.90. The van der Waals surface area contributed by atoms with Gasteiger partial charge < -0.3 is 15.7 Å². The van der Waals surface area contributed by atoms with Crippen molar-refractivity contribution in [2.75, 3.05) is 18.4 Å². The van der Waals surface area contributed by atoms with E-state index in [9.17, 15) is 18.0 Å². The number of carboxylic acids is 1. The Bertz CT molecular complexity index is 585. The molecule has 1 aromatic carbocycles. The minimum Gasteiger partial charge on any atom is -0.480 e. The fraction of sp³-hybridized carbons (Fsp3) is 0.200. The van der Waals surface area contributed by atoms with Gasteiger partial charge in [-0.2, -0.15) is 0 Å². The monoisotopic (exact) mass is 287 g/mol. The van der Waals surface area contributed by atoms with Crippen molar-refractivity contribution in [1.29, 1.82) is 0 Å². The Morgan fingerprint density at radius 3 is 2.42 bits per heavy atom. The zero-order valence-electron chi connectivity index (χ0n) is 9.79. The number of para-hydroxylation sites is 1. The van der Waals surface area contributed by atoms with Crippen molar-refractivity contribution in [2.45, 2.75) is 4.90 Å². The number of anilines is 1. The zero-order valence-corrected chi connectivity index (χ0v) is 10.6. The molecule has 0 saturated heterocycles. The van der Waals surface area contributed by atoms with E-state index in [2.05, 4.69) is 10.6 Å². The minimum absolute atomic E-state index is 0.138. The summed E-state index contributed by atoms with van der Waals surface area (Å²) < 4.78 is 22.5. The van der Waals surface area contributed by atoms with E-state index in [-0.39, 0.29) is 17.1 Å². The number of carbonyl (C=O) groups excluding carboxylic acids is 1. The molecule has 0 aliphatic rings. The summed E-state index contributed by atoms with van der Waals surface area (Å²) in [5.74, 6) is -1.75. The van der Waals surface area contributed by atoms with Gasteiger partial charge in [-0.05, 0) is 12.1 Å². The van der Waals surface area contributed by atoms with Gasteiger partial charge in [0.1, 0.15) is 11.4 Å². The van der Waals surface area contributed by atoms with Crippen molar-refractivity contribution in [3.63, 3.8) is 0 Å². The third-order valence-corrected chi connectivity index (χ3v) is 3.04. The molecule has 0 saturated carbocycles. The Hall–Kier alpha value is -2.13. The number of nitrogens with one attached hydrogen (secondary N) is 2. The van der Waals surface area contributed by atoms with Crippen LogP contribution in [0.4, 0.5) is 5.69 Å². The number of nitrogens with two attached hydrogens (primary N) is 1. The predicted molar refractivity (Wildman–Crippen MR) is 67.0 cm³/mol. The van der Waals surface area contributed by atoms with E-state index >= 15 is 0 Å². The Morgan fingerprint density at radius 2 is 1.84 bits per heavy atom. The number of carboxylic acid groups (broad SMARTS) is 1. The molecule has 5 N–H and O–H groups in total. The highest BCUT2D eigenvalue weighted by Crippen LogP contribution is 2.18. The van der Waals surface area contributed by atoms with Gasteiger partial charge in [0.25, 0.3) is 0 Å². The van der Waals surface area contributed by atoms with Gasteiger partial charge in [-0.15, -0.1) is 0 Å². The molecule has 1 amide bonds. The fourth-order valence-electron chi connectivity index (χ4n) is 1.27. The van der Waals surface area contributed by atoms with Crippen LogP contribution in [0.15, 0.2) is 29.2 Å². The molecule has 0 aliphatic carbocycles. The van der Waals surface area contributed by atoms with Crippen LogP contribution in [0.3, 0.4) is 0 Å². The lowest BCUT2D eigenvalue weighted by Gasteiger charge is -2.10. The van der Waals surface area contributed by atoms with Gasteiger partial charge in [0.05, 0.1) is 12.2 Å². The Morgan fingerprint density at radius 1 is 1.21 bits per heavy atom. The van der Waals surface area contributed by atoms with Crippen LogP contribution < -0.4 is 15.8 Å². The molecule has 0 aliphatic heterocycles. The van der Waals surface area contributed by atoms with Gasteiger partial charge in [0.15, 0.2) is 0 Å². The van der Waals surface area contributed by atoms with Gasteiger partial charge in [-0.3, -0.25) is 9.59 Å². The number of hydrogen-bond donors (Lipinski definition) is 4. The average molecular weight is 287 g/mol. The topological polar surface area (TPSA) is 139 Å². The number of amides is 1. The van der Waals surface area contributed by atoms with Crippen LogP contribution in [0.25, 0.3) is 0 Å². The maximum atomic E-state index is 11.3. The van der Waals surface area contributed by atoms with Crippen LogP contribution in [0.5, 0.6) is 0 Å². The number of sulfonamides is 1. The molecule has 0 heterocycles. The van der Waals surface area contributed by atoms with Crippen LogP contribution in [0, 0.1) is 0 Å². The molecule has 9 heteroatoms. The molecular weight excluding hydrogens is 274 g/mol. The van der Waals surface area contributed by atoms with Crippen LogP contribution in [0.2, 0.25) is 0 Å². The fourth-order valence-corrected chi connectivity index (χ4v) is 1.99. The molecule has 0 bridgehead atoms. The summed E-state index contributed by atoms with van der Waals surface area (Å²) in [4.78, 5) is 21.4. The molecule has 0 fully saturated rings. The van der Waals surface area contributed by atoms with Crippen LogP contribution >= 0.6 is 0 Å². The van der Waals surface area contributed by atoms with Crippen LogP contribution in [-0.4, -0.2) is 38.5 Å². The summed E-state index contributed by atoms with van der Waals surface area (Å²) in [7, 11) is -3.90. The lowest BCUT2D eigenvalue weighted by Crippen LogP contribution is -2.34. The molecule has 0 radical (unpaired) electrons. The number of primary sulfonamides is 1. The summed E-state index contributed by atoms with van der Waals surface area (Å²) in [5, 5.41) is 18.1. The first-order valence-electron chi connectivity index (χ1n) is 5.15. The van der Waals surface area contributed by atoms with Crippen molar-refractivity contribution in [3.8, 4) is 0 Å². The molecule has 8 nitrogen and oxygen atoms in total. The molecule has 104 valence electrons. The highest BCUT2D eigenvalue weighted by atomic mass is 32.2. The van der Waals surface area contributed by atoms with Gasteiger partial charge in [0.2, 0.25) is 15.9 Å². The first kappa shape index (κ1) is 14.9. The largest absolute Gasteiger partial charge is 0.480 e. The number of hydrogen-bond acceptors (Lipinski definition) is 5. The summed E-state index contributed by atoms with van der Waals surface area (Å²) in [6.07, 6.45) is 0. The number of benzene rings is 1. The highest BCUT2D eigenvalue weighted by molar-refractivity contribution is 7.89. The molecule has 0 spiro atoms. The quantitative estimate of drug-likeness (QED) is 0.526. The van der Waals surface area contributed by atoms with Gasteiger partial charge in [0, 0.05) is 0 Å². The maximum absolute atomic E-state index is 11.3. The third kappa shape index (κ3) is 4.94. The van der Waals surface area contributed by atoms with Crippen molar-refractivity contribution in [1.82, 2.24) is 5.32 Å². The normalized spacial score (nSPS) is 10.8. The second kappa shape index (κ2) is 6.16. The second-order valence-corrected chi connectivity index (χ2v) is 5.10. The van der Waals surface area contributed by atoms with Crippen molar-refractivity contribution >= 4 is 27.6 Å². The molecule has 0 aromatic heterocycles. The molecule has 0 atom stereocenters. The average Bonchev–Trinajstić information content (AvgIpc) is 2.33. The standard InChI is InChI=1S/C10H13N3O5S/c11-19(17,18)8-4-2-1-3-7(8)12-5-9(14)13-6-10(15)16/h1-4,12H,5-6H2,(H,13,14)(H,15,16)(H2,11,17,18). The van der Waals surface area contributed by atoms with E-state index in [1.54, 1.807) is 6.07 Å². The van der Waals surface area contributed by atoms with E-state index < -0.39 is 28.4 Å². The van der Waals surface area contributed by atoms with Gasteiger partial charge in [-0.25, -0.2) is 13.6 Å². The molecule has 1 rings (SSSR count). The highest BCUT2D eigenvalue weighted by Gasteiger charge is 2.13. The summed E-state index contributed by atoms with van der Waals surface area (Å²) in [6, 6.07) is 5.82. The lowest BCUT2D eigenvalue weighted by atomic mass is 10.3. The Balaban J connectivity index is 2.69.